The van der Waals surface area contributed by atoms with Gasteiger partial charge in [-0.3, -0.25) is 4.72 Å². The summed E-state index contributed by atoms with van der Waals surface area (Å²) in [6, 6.07) is 12.7. The molecule has 1 aliphatic heterocycles. The van der Waals surface area contributed by atoms with Gasteiger partial charge in [0.15, 0.2) is 0 Å². The van der Waals surface area contributed by atoms with E-state index in [0.717, 1.165) is 36.8 Å². The molecule has 1 heterocycles. The zero-order valence-electron chi connectivity index (χ0n) is 19.1. The van der Waals surface area contributed by atoms with E-state index in [2.05, 4.69) is 15.4 Å². The fraction of sp³-hybridized carbons (Fsp3) is 0.435. The lowest BCUT2D eigenvalue weighted by molar-refractivity contribution is 0.134. The number of rotatable bonds is 10. The molecule has 0 aliphatic carbocycles. The van der Waals surface area contributed by atoms with Crippen molar-refractivity contribution in [1.29, 1.82) is 0 Å². The summed E-state index contributed by atoms with van der Waals surface area (Å²) < 4.78 is 25.1. The number of hydrogen-bond acceptors (Lipinski definition) is 7. The van der Waals surface area contributed by atoms with Crippen molar-refractivity contribution in [3.8, 4) is 5.75 Å². The second-order valence-corrected chi connectivity index (χ2v) is 10.3. The Labute approximate surface area is 199 Å². The smallest absolute Gasteiger partial charge is 0.407 e. The number of carbonyl (C=O) groups is 1. The number of carboxylic acid groups (broad SMARTS) is 1. The Morgan fingerprint density at radius 1 is 1.15 bits per heavy atom. The van der Waals surface area contributed by atoms with Crippen LogP contribution in [0.15, 0.2) is 42.5 Å². The second-order valence-electron chi connectivity index (χ2n) is 8.51. The predicted molar refractivity (Wildman–Crippen MR) is 131 cm³/mol. The number of aromatic hydroxyl groups is 1. The first-order chi connectivity index (χ1) is 16.1. The van der Waals surface area contributed by atoms with Crippen LogP contribution < -0.4 is 15.4 Å². The van der Waals surface area contributed by atoms with Gasteiger partial charge in [0.05, 0.1) is 18.0 Å². The van der Waals surface area contributed by atoms with E-state index < -0.39 is 22.2 Å². The third kappa shape index (κ3) is 7.79. The van der Waals surface area contributed by atoms with E-state index in [0.29, 0.717) is 25.2 Å². The second kappa shape index (κ2) is 11.4. The molecule has 2 aromatic rings. The number of anilines is 2. The number of nitrogens with zero attached hydrogens (tertiary/aromatic N) is 1. The minimum atomic E-state index is -3.55. The fourth-order valence-corrected chi connectivity index (χ4v) is 4.41. The molecule has 10 nitrogen and oxygen atoms in total. The Kier molecular flexibility index (Phi) is 8.59. The SMILES string of the molecule is CS(=O)(=O)Nc1cc(C(O)CNCCc2ccc(NC3CCN(C(=O)O)CC3)cc2)ccc1O. The van der Waals surface area contributed by atoms with Crippen LogP contribution in [0, 0.1) is 0 Å². The van der Waals surface area contributed by atoms with E-state index in [1.807, 2.05) is 24.3 Å². The standard InChI is InChI=1S/C23H32N4O6S/c1-34(32,33)26-20-14-17(4-7-21(20)28)22(29)15-24-11-8-16-2-5-18(6-3-16)25-19-9-12-27(13-10-19)23(30)31/h2-7,14,19,22,24-26,28-29H,8-13,15H2,1H3,(H,30,31). The number of piperidine rings is 1. The van der Waals surface area contributed by atoms with Gasteiger partial charge in [0, 0.05) is 31.4 Å². The predicted octanol–water partition coefficient (Wildman–Crippen LogP) is 2.18. The van der Waals surface area contributed by atoms with Crippen molar-refractivity contribution in [2.45, 2.75) is 31.4 Å². The average molecular weight is 493 g/mol. The normalized spacial score (nSPS) is 15.6. The summed E-state index contributed by atoms with van der Waals surface area (Å²) in [5.41, 5.74) is 2.66. The van der Waals surface area contributed by atoms with Gasteiger partial charge in [0.25, 0.3) is 0 Å². The average Bonchev–Trinajstić information content (AvgIpc) is 2.78. The maximum Gasteiger partial charge on any atom is 0.407 e. The van der Waals surface area contributed by atoms with Gasteiger partial charge in [-0.15, -0.1) is 0 Å². The van der Waals surface area contributed by atoms with Crippen LogP contribution in [0.25, 0.3) is 0 Å². The maximum atomic E-state index is 11.4. The van der Waals surface area contributed by atoms with Crippen LogP contribution >= 0.6 is 0 Å². The number of phenolic OH excluding ortho intramolecular Hbond substituents is 1. The Balaban J connectivity index is 1.41. The van der Waals surface area contributed by atoms with E-state index >= 15 is 0 Å². The molecule has 2 aromatic carbocycles. The van der Waals surface area contributed by atoms with Crippen LogP contribution in [-0.2, 0) is 16.4 Å². The van der Waals surface area contributed by atoms with Crippen LogP contribution in [0.5, 0.6) is 5.75 Å². The van der Waals surface area contributed by atoms with Crippen molar-refractivity contribution in [3.05, 3.63) is 53.6 Å². The molecule has 0 spiro atoms. The lowest BCUT2D eigenvalue weighted by atomic mass is 10.0. The quantitative estimate of drug-likeness (QED) is 0.218. The van der Waals surface area contributed by atoms with Crippen LogP contribution in [0.2, 0.25) is 0 Å². The van der Waals surface area contributed by atoms with Gasteiger partial charge >= 0.3 is 6.09 Å². The van der Waals surface area contributed by atoms with Gasteiger partial charge in [0.2, 0.25) is 10.0 Å². The van der Waals surface area contributed by atoms with Gasteiger partial charge in [-0.25, -0.2) is 13.2 Å². The highest BCUT2D eigenvalue weighted by Gasteiger charge is 2.22. The summed E-state index contributed by atoms with van der Waals surface area (Å²) in [5.74, 6) is -0.210. The molecular formula is C23H32N4O6S. The molecule has 1 fully saturated rings. The van der Waals surface area contributed by atoms with Crippen LogP contribution in [-0.4, -0.2) is 73.2 Å². The van der Waals surface area contributed by atoms with Crippen molar-refractivity contribution in [3.63, 3.8) is 0 Å². The van der Waals surface area contributed by atoms with Crippen LogP contribution in [0.3, 0.4) is 0 Å². The molecule has 0 aromatic heterocycles. The maximum absolute atomic E-state index is 11.4. The van der Waals surface area contributed by atoms with E-state index in [-0.39, 0.29) is 24.0 Å². The van der Waals surface area contributed by atoms with E-state index in [1.54, 1.807) is 6.07 Å². The number of aliphatic hydroxyl groups excluding tert-OH is 1. The van der Waals surface area contributed by atoms with Crippen molar-refractivity contribution >= 4 is 27.5 Å². The Morgan fingerprint density at radius 3 is 2.44 bits per heavy atom. The topological polar surface area (TPSA) is 151 Å². The van der Waals surface area contributed by atoms with Crippen molar-refractivity contribution in [1.82, 2.24) is 10.2 Å². The molecule has 34 heavy (non-hydrogen) atoms. The third-order valence-corrected chi connectivity index (χ3v) is 6.31. The van der Waals surface area contributed by atoms with E-state index in [4.69, 9.17) is 5.11 Å². The number of aliphatic hydroxyl groups is 1. The first-order valence-electron chi connectivity index (χ1n) is 11.1. The van der Waals surface area contributed by atoms with Gasteiger partial charge in [-0.1, -0.05) is 18.2 Å². The first kappa shape index (κ1) is 25.6. The molecule has 186 valence electrons. The number of nitrogens with one attached hydrogen (secondary N) is 3. The molecular weight excluding hydrogens is 460 g/mol. The van der Waals surface area contributed by atoms with Gasteiger partial charge in [-0.05, 0) is 61.2 Å². The molecule has 3 rings (SSSR count). The summed E-state index contributed by atoms with van der Waals surface area (Å²) in [4.78, 5) is 12.4. The number of likely N-dealkylation sites (tertiary alicyclic amines) is 1. The number of phenols is 1. The molecule has 1 aliphatic rings. The van der Waals surface area contributed by atoms with Crippen molar-refractivity contribution < 1.29 is 28.5 Å². The van der Waals surface area contributed by atoms with Crippen molar-refractivity contribution in [2.75, 3.05) is 42.5 Å². The monoisotopic (exact) mass is 492 g/mol. The van der Waals surface area contributed by atoms with Gasteiger partial charge in [-0.2, -0.15) is 0 Å². The highest BCUT2D eigenvalue weighted by molar-refractivity contribution is 7.92. The molecule has 11 heteroatoms. The molecule has 0 bridgehead atoms. The zero-order chi connectivity index (χ0) is 24.7. The Morgan fingerprint density at radius 2 is 1.82 bits per heavy atom. The fourth-order valence-electron chi connectivity index (χ4n) is 3.85. The molecule has 1 unspecified atom stereocenters. The van der Waals surface area contributed by atoms with Gasteiger partial charge < -0.3 is 30.9 Å². The molecule has 0 radical (unpaired) electrons. The number of hydrogen-bond donors (Lipinski definition) is 6. The Hall–Kier alpha value is -3.02. The number of amides is 1. The molecule has 6 N–H and O–H groups in total. The van der Waals surface area contributed by atoms with E-state index in [1.165, 1.54) is 17.0 Å². The van der Waals surface area contributed by atoms with Crippen molar-refractivity contribution in [2.24, 2.45) is 0 Å². The third-order valence-electron chi connectivity index (χ3n) is 5.72. The molecule has 1 amide bonds. The summed E-state index contributed by atoms with van der Waals surface area (Å²) >= 11 is 0. The number of sulfonamides is 1. The molecule has 1 saturated heterocycles. The Bertz CT molecular complexity index is 1070. The minimum absolute atomic E-state index is 0.0280. The number of benzene rings is 2. The summed E-state index contributed by atoms with van der Waals surface area (Å²) in [5, 5.41) is 35.9. The van der Waals surface area contributed by atoms with E-state index in [9.17, 15) is 23.4 Å². The van der Waals surface area contributed by atoms with Gasteiger partial charge in [0.1, 0.15) is 5.75 Å². The molecule has 1 atom stereocenters. The first-order valence-corrected chi connectivity index (χ1v) is 13.0. The minimum Gasteiger partial charge on any atom is -0.506 e. The lowest BCUT2D eigenvalue weighted by Crippen LogP contribution is -2.41. The van der Waals surface area contributed by atoms with Crippen LogP contribution in [0.4, 0.5) is 16.2 Å². The van der Waals surface area contributed by atoms with Crippen LogP contribution in [0.1, 0.15) is 30.1 Å². The summed E-state index contributed by atoms with van der Waals surface area (Å²) in [6.45, 7) is 2.01. The summed E-state index contributed by atoms with van der Waals surface area (Å²) in [7, 11) is -3.55. The molecule has 0 saturated carbocycles. The largest absolute Gasteiger partial charge is 0.506 e. The zero-order valence-corrected chi connectivity index (χ0v) is 19.9. The highest BCUT2D eigenvalue weighted by Crippen LogP contribution is 2.27. The highest BCUT2D eigenvalue weighted by atomic mass is 32.2. The lowest BCUT2D eigenvalue weighted by Gasteiger charge is -2.31. The summed E-state index contributed by atoms with van der Waals surface area (Å²) in [6.07, 6.45) is 1.60.